The van der Waals surface area contributed by atoms with Gasteiger partial charge >= 0.3 is 0 Å². The molecule has 0 atom stereocenters. The van der Waals surface area contributed by atoms with Crippen molar-refractivity contribution in [3.63, 3.8) is 0 Å². The number of nitrogens with zero attached hydrogens (tertiary/aromatic N) is 3. The molecular formula is C18H22N4OS. The van der Waals surface area contributed by atoms with Gasteiger partial charge in [-0.15, -0.1) is 11.3 Å². The molecule has 0 aliphatic rings. The fourth-order valence-corrected chi connectivity index (χ4v) is 3.86. The SMILES string of the molecule is CCN(CC)CCN(N)c1ccc2c(=O)c3cnccc3sc2c1. The molecule has 3 rings (SSSR count). The highest BCUT2D eigenvalue weighted by Crippen LogP contribution is 2.27. The highest BCUT2D eigenvalue weighted by Gasteiger charge is 2.09. The molecule has 2 heterocycles. The highest BCUT2D eigenvalue weighted by molar-refractivity contribution is 7.24. The number of benzene rings is 1. The van der Waals surface area contributed by atoms with E-state index in [1.807, 2.05) is 24.3 Å². The van der Waals surface area contributed by atoms with Crippen molar-refractivity contribution < 1.29 is 0 Å². The number of likely N-dealkylation sites (N-methyl/N-ethyl adjacent to an activating group) is 1. The molecule has 0 amide bonds. The lowest BCUT2D eigenvalue weighted by atomic mass is 10.2. The zero-order valence-corrected chi connectivity index (χ0v) is 14.8. The van der Waals surface area contributed by atoms with Crippen molar-refractivity contribution in [2.24, 2.45) is 5.84 Å². The van der Waals surface area contributed by atoms with E-state index in [2.05, 4.69) is 23.7 Å². The van der Waals surface area contributed by atoms with Gasteiger partial charge in [0.05, 0.1) is 11.1 Å². The number of hydrogen-bond donors (Lipinski definition) is 1. The van der Waals surface area contributed by atoms with Gasteiger partial charge in [0.15, 0.2) is 5.43 Å². The van der Waals surface area contributed by atoms with E-state index in [0.29, 0.717) is 5.39 Å². The van der Waals surface area contributed by atoms with Crippen molar-refractivity contribution in [2.45, 2.75) is 13.8 Å². The molecule has 0 unspecified atom stereocenters. The molecule has 3 aromatic rings. The second kappa shape index (κ2) is 7.25. The molecule has 0 aliphatic carbocycles. The minimum Gasteiger partial charge on any atom is -0.310 e. The second-order valence-electron chi connectivity index (χ2n) is 5.70. The zero-order valence-electron chi connectivity index (χ0n) is 14.0. The van der Waals surface area contributed by atoms with Gasteiger partial charge in [-0.2, -0.15) is 0 Å². The number of hydrogen-bond acceptors (Lipinski definition) is 6. The molecule has 6 heteroatoms. The van der Waals surface area contributed by atoms with Gasteiger partial charge in [0.2, 0.25) is 0 Å². The molecular weight excluding hydrogens is 320 g/mol. The summed E-state index contributed by atoms with van der Waals surface area (Å²) < 4.78 is 1.90. The minimum atomic E-state index is 0.0325. The van der Waals surface area contributed by atoms with Gasteiger partial charge in [-0.1, -0.05) is 13.8 Å². The first kappa shape index (κ1) is 16.8. The smallest absolute Gasteiger partial charge is 0.197 e. The molecule has 0 saturated heterocycles. The Kier molecular flexibility index (Phi) is 5.08. The number of nitrogens with two attached hydrogens (primary N) is 1. The number of fused-ring (bicyclic) bond motifs is 2. The van der Waals surface area contributed by atoms with Gasteiger partial charge in [-0.25, -0.2) is 5.84 Å². The number of pyridine rings is 1. The highest BCUT2D eigenvalue weighted by atomic mass is 32.1. The molecule has 2 aromatic heterocycles. The van der Waals surface area contributed by atoms with Crippen LogP contribution in [0.15, 0.2) is 41.5 Å². The Bertz CT molecular complexity index is 904. The normalized spacial score (nSPS) is 11.5. The van der Waals surface area contributed by atoms with E-state index < -0.39 is 0 Å². The maximum atomic E-state index is 12.6. The molecule has 0 fully saturated rings. The molecule has 0 radical (unpaired) electrons. The van der Waals surface area contributed by atoms with Crippen LogP contribution in [0.1, 0.15) is 13.8 Å². The van der Waals surface area contributed by atoms with E-state index in [-0.39, 0.29) is 5.43 Å². The van der Waals surface area contributed by atoms with Gasteiger partial charge < -0.3 is 9.91 Å². The fourth-order valence-electron chi connectivity index (χ4n) is 2.78. The molecule has 0 bridgehead atoms. The van der Waals surface area contributed by atoms with Crippen LogP contribution in [0.5, 0.6) is 0 Å². The number of rotatable bonds is 6. The summed E-state index contributed by atoms with van der Waals surface area (Å²) in [4.78, 5) is 19.0. The summed E-state index contributed by atoms with van der Waals surface area (Å²) in [6, 6.07) is 7.67. The van der Waals surface area contributed by atoms with Crippen LogP contribution in [0, 0.1) is 0 Å². The number of anilines is 1. The number of aromatic nitrogens is 1. The van der Waals surface area contributed by atoms with Crippen LogP contribution in [-0.2, 0) is 0 Å². The quantitative estimate of drug-likeness (QED) is 0.424. The lowest BCUT2D eigenvalue weighted by molar-refractivity contribution is 0.309. The average Bonchev–Trinajstić information content (AvgIpc) is 2.62. The van der Waals surface area contributed by atoms with Gasteiger partial charge in [0, 0.05) is 40.3 Å². The standard InChI is InChI=1S/C18H22N4OS/c1-3-21(4-2)9-10-22(19)13-5-6-14-17(11-13)24-16-7-8-20-12-15(16)18(14)23/h5-8,11-12H,3-4,9-10,19H2,1-2H3. The van der Waals surface area contributed by atoms with E-state index in [0.717, 1.165) is 46.7 Å². The largest absolute Gasteiger partial charge is 0.310 e. The van der Waals surface area contributed by atoms with Crippen LogP contribution in [0.2, 0.25) is 0 Å². The van der Waals surface area contributed by atoms with E-state index in [9.17, 15) is 4.79 Å². The molecule has 5 nitrogen and oxygen atoms in total. The Hall–Kier alpha value is -2.02. The van der Waals surface area contributed by atoms with Gasteiger partial charge in [-0.3, -0.25) is 9.78 Å². The van der Waals surface area contributed by atoms with Crippen molar-refractivity contribution in [3.8, 4) is 0 Å². The van der Waals surface area contributed by atoms with Crippen LogP contribution in [0.25, 0.3) is 20.2 Å². The average molecular weight is 342 g/mol. The first-order valence-corrected chi connectivity index (χ1v) is 9.00. The summed E-state index contributed by atoms with van der Waals surface area (Å²) in [5.74, 6) is 6.22. The van der Waals surface area contributed by atoms with Gasteiger partial charge in [0.25, 0.3) is 0 Å². The van der Waals surface area contributed by atoms with Crippen LogP contribution in [-0.4, -0.2) is 36.1 Å². The summed E-state index contributed by atoms with van der Waals surface area (Å²) in [6.07, 6.45) is 3.36. The minimum absolute atomic E-state index is 0.0325. The molecule has 1 aromatic carbocycles. The summed E-state index contributed by atoms with van der Waals surface area (Å²) in [7, 11) is 0. The van der Waals surface area contributed by atoms with Crippen molar-refractivity contribution in [3.05, 3.63) is 46.9 Å². The van der Waals surface area contributed by atoms with Crippen LogP contribution < -0.4 is 16.3 Å². The van der Waals surface area contributed by atoms with Gasteiger partial charge in [0.1, 0.15) is 0 Å². The molecule has 0 aliphatic heterocycles. The van der Waals surface area contributed by atoms with Crippen LogP contribution in [0.4, 0.5) is 5.69 Å². The first-order valence-electron chi connectivity index (χ1n) is 8.19. The third-order valence-corrected chi connectivity index (χ3v) is 5.47. The third kappa shape index (κ3) is 3.26. The summed E-state index contributed by atoms with van der Waals surface area (Å²) in [5.41, 5.74) is 0.962. The second-order valence-corrected chi connectivity index (χ2v) is 6.79. The molecule has 126 valence electrons. The van der Waals surface area contributed by atoms with Crippen LogP contribution in [0.3, 0.4) is 0 Å². The maximum absolute atomic E-state index is 12.6. The van der Waals surface area contributed by atoms with Crippen molar-refractivity contribution >= 4 is 37.2 Å². The van der Waals surface area contributed by atoms with E-state index >= 15 is 0 Å². The summed E-state index contributed by atoms with van der Waals surface area (Å²) in [6.45, 7) is 8.00. The zero-order chi connectivity index (χ0) is 17.1. The molecule has 2 N–H and O–H groups in total. The molecule has 0 spiro atoms. The lowest BCUT2D eigenvalue weighted by Gasteiger charge is -2.24. The summed E-state index contributed by atoms with van der Waals surface area (Å²) in [5, 5.41) is 3.15. The Labute approximate surface area is 145 Å². The van der Waals surface area contributed by atoms with Crippen molar-refractivity contribution in [1.82, 2.24) is 9.88 Å². The fraction of sp³-hybridized carbons (Fsp3) is 0.333. The first-order chi connectivity index (χ1) is 11.6. The summed E-state index contributed by atoms with van der Waals surface area (Å²) >= 11 is 1.60. The van der Waals surface area contributed by atoms with E-state index in [1.165, 1.54) is 0 Å². The Balaban J connectivity index is 1.93. The predicted octanol–water partition coefficient (Wildman–Crippen LogP) is 2.83. The van der Waals surface area contributed by atoms with Gasteiger partial charge in [-0.05, 0) is 37.4 Å². The Morgan fingerprint density at radius 2 is 1.88 bits per heavy atom. The van der Waals surface area contributed by atoms with Crippen LogP contribution >= 0.6 is 11.3 Å². The molecule has 0 saturated carbocycles. The maximum Gasteiger partial charge on any atom is 0.197 e. The topological polar surface area (TPSA) is 62.5 Å². The van der Waals surface area contributed by atoms with E-state index in [1.54, 1.807) is 28.7 Å². The number of hydrazine groups is 1. The van der Waals surface area contributed by atoms with Crippen molar-refractivity contribution in [2.75, 3.05) is 31.2 Å². The monoisotopic (exact) mass is 342 g/mol. The Morgan fingerprint density at radius 1 is 1.08 bits per heavy atom. The third-order valence-electron chi connectivity index (χ3n) is 4.34. The lowest BCUT2D eigenvalue weighted by Crippen LogP contribution is -2.39. The predicted molar refractivity (Wildman–Crippen MR) is 103 cm³/mol. The Morgan fingerprint density at radius 3 is 2.62 bits per heavy atom. The van der Waals surface area contributed by atoms with Crippen molar-refractivity contribution in [1.29, 1.82) is 0 Å². The molecule has 24 heavy (non-hydrogen) atoms. The van der Waals surface area contributed by atoms with E-state index in [4.69, 9.17) is 5.84 Å².